The third-order valence-corrected chi connectivity index (χ3v) is 4.55. The van der Waals surface area contributed by atoms with E-state index in [9.17, 15) is 0 Å². The smallest absolute Gasteiger partial charge is 0.0678 e. The zero-order chi connectivity index (χ0) is 13.7. The quantitative estimate of drug-likeness (QED) is 0.829. The van der Waals surface area contributed by atoms with Gasteiger partial charge in [-0.3, -0.25) is 4.90 Å². The van der Waals surface area contributed by atoms with Crippen LogP contribution in [0.25, 0.3) is 0 Å². The van der Waals surface area contributed by atoms with E-state index in [-0.39, 0.29) is 0 Å². The van der Waals surface area contributed by atoms with Crippen molar-refractivity contribution in [3.05, 3.63) is 0 Å². The van der Waals surface area contributed by atoms with Gasteiger partial charge in [-0.05, 0) is 45.6 Å². The normalized spacial score (nSPS) is 37.4. The van der Waals surface area contributed by atoms with Crippen molar-refractivity contribution in [3.63, 3.8) is 0 Å². The molecule has 2 fully saturated rings. The summed E-state index contributed by atoms with van der Waals surface area (Å²) in [5.74, 6) is 0.845. The standard InChI is InChI=1S/C16H32N2O/c1-4-9-17-16-8-6-5-7-15(16)12-18-10-13(2)19-14(3)11-18/h13-17H,4-12H2,1-3H3/t13-,14+,15?,16?. The van der Waals surface area contributed by atoms with Crippen LogP contribution >= 0.6 is 0 Å². The summed E-state index contributed by atoms with van der Waals surface area (Å²) in [4.78, 5) is 2.63. The highest BCUT2D eigenvalue weighted by molar-refractivity contribution is 4.85. The minimum Gasteiger partial charge on any atom is -0.373 e. The van der Waals surface area contributed by atoms with Crippen LogP contribution in [0.15, 0.2) is 0 Å². The molecular weight excluding hydrogens is 236 g/mol. The molecule has 2 aliphatic rings. The third kappa shape index (κ3) is 4.73. The maximum atomic E-state index is 5.84. The second-order valence-corrected chi connectivity index (χ2v) is 6.58. The molecule has 0 spiro atoms. The Morgan fingerprint density at radius 2 is 1.79 bits per heavy atom. The van der Waals surface area contributed by atoms with E-state index in [2.05, 4.69) is 31.0 Å². The maximum absolute atomic E-state index is 5.84. The molecule has 0 aromatic carbocycles. The van der Waals surface area contributed by atoms with Crippen molar-refractivity contribution < 1.29 is 4.74 Å². The highest BCUT2D eigenvalue weighted by Crippen LogP contribution is 2.26. The minimum atomic E-state index is 0.398. The van der Waals surface area contributed by atoms with E-state index in [1.807, 2.05) is 0 Å². The second kappa shape index (κ2) is 7.61. The van der Waals surface area contributed by atoms with Gasteiger partial charge in [0, 0.05) is 25.7 Å². The average molecular weight is 268 g/mol. The fourth-order valence-electron chi connectivity index (χ4n) is 3.79. The van der Waals surface area contributed by atoms with Crippen molar-refractivity contribution in [2.45, 2.75) is 71.1 Å². The van der Waals surface area contributed by atoms with Gasteiger partial charge in [0.25, 0.3) is 0 Å². The van der Waals surface area contributed by atoms with Crippen LogP contribution < -0.4 is 5.32 Å². The van der Waals surface area contributed by atoms with E-state index in [0.717, 1.165) is 25.0 Å². The molecule has 2 rings (SSSR count). The highest BCUT2D eigenvalue weighted by atomic mass is 16.5. The van der Waals surface area contributed by atoms with Gasteiger partial charge in [-0.15, -0.1) is 0 Å². The molecule has 112 valence electrons. The molecule has 19 heavy (non-hydrogen) atoms. The minimum absolute atomic E-state index is 0.398. The molecule has 0 bridgehead atoms. The predicted molar refractivity (Wildman–Crippen MR) is 80.5 cm³/mol. The van der Waals surface area contributed by atoms with E-state index >= 15 is 0 Å². The molecule has 1 saturated heterocycles. The summed E-state index contributed by atoms with van der Waals surface area (Å²) in [6.07, 6.45) is 7.65. The Balaban J connectivity index is 1.84. The molecule has 0 amide bonds. The molecule has 1 aliphatic heterocycles. The summed E-state index contributed by atoms with van der Waals surface area (Å²) in [5.41, 5.74) is 0. The first-order valence-corrected chi connectivity index (χ1v) is 8.30. The zero-order valence-electron chi connectivity index (χ0n) is 13.0. The third-order valence-electron chi connectivity index (χ3n) is 4.55. The molecule has 1 N–H and O–H groups in total. The highest BCUT2D eigenvalue weighted by Gasteiger charge is 2.29. The summed E-state index contributed by atoms with van der Waals surface area (Å²) in [5, 5.41) is 3.78. The lowest BCUT2D eigenvalue weighted by Gasteiger charge is -2.40. The van der Waals surface area contributed by atoms with Gasteiger partial charge in [-0.2, -0.15) is 0 Å². The molecule has 4 atom stereocenters. The molecule has 0 aromatic heterocycles. The molecule has 1 heterocycles. The summed E-state index contributed by atoms with van der Waals surface area (Å²) in [6, 6.07) is 0.752. The van der Waals surface area contributed by atoms with Gasteiger partial charge in [0.2, 0.25) is 0 Å². The van der Waals surface area contributed by atoms with E-state index in [1.165, 1.54) is 45.2 Å². The molecule has 1 saturated carbocycles. The van der Waals surface area contributed by atoms with E-state index in [1.54, 1.807) is 0 Å². The van der Waals surface area contributed by atoms with Gasteiger partial charge >= 0.3 is 0 Å². The summed E-state index contributed by atoms with van der Waals surface area (Å²) < 4.78 is 5.84. The summed E-state index contributed by atoms with van der Waals surface area (Å²) >= 11 is 0. The first kappa shape index (κ1) is 15.3. The molecule has 2 unspecified atom stereocenters. The second-order valence-electron chi connectivity index (χ2n) is 6.58. The predicted octanol–water partition coefficient (Wildman–Crippen LogP) is 2.65. The Hall–Kier alpha value is -0.120. The Kier molecular flexibility index (Phi) is 6.11. The number of hydrogen-bond donors (Lipinski definition) is 1. The lowest BCUT2D eigenvalue weighted by atomic mass is 9.84. The lowest BCUT2D eigenvalue weighted by molar-refractivity contribution is -0.0735. The number of morpholine rings is 1. The first-order valence-electron chi connectivity index (χ1n) is 8.30. The van der Waals surface area contributed by atoms with Crippen molar-refractivity contribution >= 4 is 0 Å². The van der Waals surface area contributed by atoms with Crippen LogP contribution in [0.2, 0.25) is 0 Å². The molecule has 1 aliphatic carbocycles. The van der Waals surface area contributed by atoms with Crippen LogP contribution in [0, 0.1) is 5.92 Å². The molecule has 3 heteroatoms. The number of ether oxygens (including phenoxy) is 1. The average Bonchev–Trinajstić information content (AvgIpc) is 2.36. The fourth-order valence-corrected chi connectivity index (χ4v) is 3.79. The Morgan fingerprint density at radius 1 is 1.11 bits per heavy atom. The number of rotatable bonds is 5. The van der Waals surface area contributed by atoms with Gasteiger partial charge in [-0.25, -0.2) is 0 Å². The lowest BCUT2D eigenvalue weighted by Crippen LogP contribution is -2.50. The van der Waals surface area contributed by atoms with Crippen molar-refractivity contribution in [2.75, 3.05) is 26.2 Å². The van der Waals surface area contributed by atoms with Gasteiger partial charge in [0.1, 0.15) is 0 Å². The Labute approximate surface area is 119 Å². The van der Waals surface area contributed by atoms with Crippen LogP contribution in [0.3, 0.4) is 0 Å². The van der Waals surface area contributed by atoms with Crippen LogP contribution in [0.4, 0.5) is 0 Å². The molecule has 0 radical (unpaired) electrons. The maximum Gasteiger partial charge on any atom is 0.0678 e. The van der Waals surface area contributed by atoms with Crippen molar-refractivity contribution in [3.8, 4) is 0 Å². The molecule has 0 aromatic rings. The largest absolute Gasteiger partial charge is 0.373 e. The summed E-state index contributed by atoms with van der Waals surface area (Å²) in [7, 11) is 0. The van der Waals surface area contributed by atoms with Gasteiger partial charge in [0.05, 0.1) is 12.2 Å². The first-order chi connectivity index (χ1) is 9.19. The van der Waals surface area contributed by atoms with E-state index in [4.69, 9.17) is 4.74 Å². The topological polar surface area (TPSA) is 24.5 Å². The summed E-state index contributed by atoms with van der Waals surface area (Å²) in [6.45, 7) is 11.3. The number of hydrogen-bond acceptors (Lipinski definition) is 3. The van der Waals surface area contributed by atoms with Crippen LogP contribution in [-0.4, -0.2) is 49.3 Å². The molecule has 3 nitrogen and oxygen atoms in total. The SMILES string of the molecule is CCCNC1CCCCC1CN1C[C@@H](C)O[C@@H](C)C1. The van der Waals surface area contributed by atoms with E-state index < -0.39 is 0 Å². The van der Waals surface area contributed by atoms with Crippen molar-refractivity contribution in [2.24, 2.45) is 5.92 Å². The Bertz CT molecular complexity index is 249. The van der Waals surface area contributed by atoms with Crippen LogP contribution in [0.1, 0.15) is 52.9 Å². The zero-order valence-corrected chi connectivity index (χ0v) is 13.0. The van der Waals surface area contributed by atoms with Crippen molar-refractivity contribution in [1.82, 2.24) is 10.2 Å². The van der Waals surface area contributed by atoms with Crippen LogP contribution in [0.5, 0.6) is 0 Å². The molecular formula is C16H32N2O. The van der Waals surface area contributed by atoms with E-state index in [0.29, 0.717) is 12.2 Å². The Morgan fingerprint density at radius 3 is 2.47 bits per heavy atom. The number of nitrogens with zero attached hydrogens (tertiary/aromatic N) is 1. The van der Waals surface area contributed by atoms with Gasteiger partial charge in [0.15, 0.2) is 0 Å². The number of nitrogens with one attached hydrogen (secondary N) is 1. The van der Waals surface area contributed by atoms with Gasteiger partial charge in [-0.1, -0.05) is 19.8 Å². The van der Waals surface area contributed by atoms with Crippen molar-refractivity contribution in [1.29, 1.82) is 0 Å². The fraction of sp³-hybridized carbons (Fsp3) is 1.00. The van der Waals surface area contributed by atoms with Gasteiger partial charge < -0.3 is 10.1 Å². The monoisotopic (exact) mass is 268 g/mol. The van der Waals surface area contributed by atoms with Crippen LogP contribution in [-0.2, 0) is 4.74 Å².